The highest BCUT2D eigenvalue weighted by Gasteiger charge is 2.39. The van der Waals surface area contributed by atoms with E-state index in [4.69, 9.17) is 16.3 Å². The molecule has 3 aromatic rings. The molecule has 3 heterocycles. The van der Waals surface area contributed by atoms with E-state index >= 15 is 0 Å². The van der Waals surface area contributed by atoms with Crippen LogP contribution in [0.5, 0.6) is 0 Å². The second-order valence-electron chi connectivity index (χ2n) is 7.32. The third kappa shape index (κ3) is 4.14. The van der Waals surface area contributed by atoms with Crippen molar-refractivity contribution in [3.8, 4) is 5.69 Å². The van der Waals surface area contributed by atoms with Crippen LogP contribution in [0.4, 0.5) is 15.0 Å². The van der Waals surface area contributed by atoms with Crippen LogP contribution in [0.1, 0.15) is 31.2 Å². The number of amides is 1. The van der Waals surface area contributed by atoms with E-state index < -0.39 is 18.3 Å². The van der Waals surface area contributed by atoms with Crippen LogP contribution in [-0.2, 0) is 11.2 Å². The molecule has 0 N–H and O–H groups in total. The number of halogens is 2. The Labute approximate surface area is 178 Å². The predicted octanol–water partition coefficient (Wildman–Crippen LogP) is 4.35. The highest BCUT2D eigenvalue weighted by molar-refractivity contribution is 6.30. The van der Waals surface area contributed by atoms with E-state index in [-0.39, 0.29) is 12.5 Å². The van der Waals surface area contributed by atoms with Crippen molar-refractivity contribution >= 4 is 23.5 Å². The van der Waals surface area contributed by atoms with Crippen LogP contribution >= 0.6 is 11.6 Å². The number of ether oxygens (including phenoxy) is 1. The van der Waals surface area contributed by atoms with Crippen molar-refractivity contribution in [2.75, 3.05) is 11.5 Å². The van der Waals surface area contributed by atoms with Crippen LogP contribution in [0, 0.1) is 0 Å². The molecule has 0 spiro atoms. The molecule has 1 amide bonds. The number of anilines is 1. The van der Waals surface area contributed by atoms with Gasteiger partial charge in [-0.3, -0.25) is 4.90 Å². The summed E-state index contributed by atoms with van der Waals surface area (Å²) in [5.74, 6) is 0.994. The maximum Gasteiger partial charge on any atom is 0.416 e. The number of carbonyl (C=O) groups excluding carboxylic acids is 1. The standard InChI is InChI=1S/C21H21ClFN5O2/c1-13(15-10-25-27(11-15)17-5-3-16(22)4-6-17)9-19-24-8-7-20(26-19)28-18(14(2)23)12-30-21(28)29/h3-8,10-11,13-14,18H,9,12H2,1-2H3/t13-,14+,18-/m1/s1. The van der Waals surface area contributed by atoms with Gasteiger partial charge in [0.25, 0.3) is 0 Å². The summed E-state index contributed by atoms with van der Waals surface area (Å²) in [7, 11) is 0. The molecule has 156 valence electrons. The Balaban J connectivity index is 1.50. The topological polar surface area (TPSA) is 73.1 Å². The van der Waals surface area contributed by atoms with Gasteiger partial charge in [-0.2, -0.15) is 5.10 Å². The summed E-state index contributed by atoms with van der Waals surface area (Å²) < 4.78 is 20.7. The molecule has 0 bridgehead atoms. The van der Waals surface area contributed by atoms with Gasteiger partial charge in [0, 0.05) is 23.8 Å². The molecule has 0 radical (unpaired) electrons. The van der Waals surface area contributed by atoms with Crippen molar-refractivity contribution in [2.45, 2.75) is 38.4 Å². The van der Waals surface area contributed by atoms with Crippen molar-refractivity contribution in [1.29, 1.82) is 0 Å². The first kappa shape index (κ1) is 20.3. The van der Waals surface area contributed by atoms with Crippen LogP contribution in [0.15, 0.2) is 48.9 Å². The highest BCUT2D eigenvalue weighted by Crippen LogP contribution is 2.26. The molecule has 1 saturated heterocycles. The first-order valence-electron chi connectivity index (χ1n) is 9.65. The molecule has 0 aliphatic carbocycles. The highest BCUT2D eigenvalue weighted by atomic mass is 35.5. The zero-order chi connectivity index (χ0) is 21.3. The van der Waals surface area contributed by atoms with Crippen molar-refractivity contribution in [3.63, 3.8) is 0 Å². The molecule has 4 rings (SSSR count). The monoisotopic (exact) mass is 429 g/mol. The Kier molecular flexibility index (Phi) is 5.67. The lowest BCUT2D eigenvalue weighted by Crippen LogP contribution is -2.39. The maximum absolute atomic E-state index is 13.9. The molecule has 2 aromatic heterocycles. The minimum absolute atomic E-state index is 0.0100. The third-order valence-corrected chi connectivity index (χ3v) is 5.38. The number of hydrogen-bond donors (Lipinski definition) is 0. The van der Waals surface area contributed by atoms with Gasteiger partial charge in [0.05, 0.1) is 11.9 Å². The van der Waals surface area contributed by atoms with E-state index in [1.54, 1.807) is 16.9 Å². The average molecular weight is 430 g/mol. The van der Waals surface area contributed by atoms with Crippen LogP contribution in [0.2, 0.25) is 5.02 Å². The van der Waals surface area contributed by atoms with Crippen LogP contribution in [-0.4, -0.2) is 44.7 Å². The lowest BCUT2D eigenvalue weighted by atomic mass is 10.0. The predicted molar refractivity (Wildman–Crippen MR) is 111 cm³/mol. The SMILES string of the molecule is C[C@H](Cc1nccc(N2C(=O)OC[C@@H]2[C@H](C)F)n1)c1cnn(-c2ccc(Cl)cc2)c1. The first-order valence-corrected chi connectivity index (χ1v) is 10.0. The molecule has 7 nitrogen and oxygen atoms in total. The number of carbonyl (C=O) groups is 1. The van der Waals surface area contributed by atoms with E-state index in [1.807, 2.05) is 36.7 Å². The zero-order valence-corrected chi connectivity index (χ0v) is 17.3. The van der Waals surface area contributed by atoms with Gasteiger partial charge in [-0.1, -0.05) is 18.5 Å². The van der Waals surface area contributed by atoms with Gasteiger partial charge >= 0.3 is 6.09 Å². The summed E-state index contributed by atoms with van der Waals surface area (Å²) in [5, 5.41) is 5.09. The smallest absolute Gasteiger partial charge is 0.416 e. The largest absolute Gasteiger partial charge is 0.447 e. The van der Waals surface area contributed by atoms with E-state index in [0.717, 1.165) is 11.3 Å². The number of nitrogens with zero attached hydrogens (tertiary/aromatic N) is 5. The summed E-state index contributed by atoms with van der Waals surface area (Å²) in [6.07, 6.45) is 4.06. The minimum atomic E-state index is -1.23. The molecular weight excluding hydrogens is 409 g/mol. The van der Waals surface area contributed by atoms with E-state index in [1.165, 1.54) is 11.8 Å². The number of cyclic esters (lactones) is 1. The third-order valence-electron chi connectivity index (χ3n) is 5.13. The minimum Gasteiger partial charge on any atom is -0.447 e. The van der Waals surface area contributed by atoms with Crippen molar-refractivity contribution in [2.24, 2.45) is 0 Å². The molecule has 9 heteroatoms. The second kappa shape index (κ2) is 8.39. The fraction of sp³-hybridized carbons (Fsp3) is 0.333. The van der Waals surface area contributed by atoms with E-state index in [0.29, 0.717) is 23.1 Å². The van der Waals surface area contributed by atoms with Gasteiger partial charge in [-0.05, 0) is 48.7 Å². The Bertz CT molecular complexity index is 1040. The Morgan fingerprint density at radius 2 is 2.03 bits per heavy atom. The van der Waals surface area contributed by atoms with Gasteiger partial charge < -0.3 is 4.74 Å². The summed E-state index contributed by atoms with van der Waals surface area (Å²) in [6.45, 7) is 3.47. The molecule has 1 aliphatic rings. The second-order valence-corrected chi connectivity index (χ2v) is 7.76. The average Bonchev–Trinajstić information content (AvgIpc) is 3.36. The Hall–Kier alpha value is -3.00. The Morgan fingerprint density at radius 1 is 1.27 bits per heavy atom. The molecule has 0 unspecified atom stereocenters. The van der Waals surface area contributed by atoms with Crippen LogP contribution < -0.4 is 4.90 Å². The van der Waals surface area contributed by atoms with E-state index in [9.17, 15) is 9.18 Å². The maximum atomic E-state index is 13.9. The fourth-order valence-corrected chi connectivity index (χ4v) is 3.50. The van der Waals surface area contributed by atoms with Crippen LogP contribution in [0.3, 0.4) is 0 Å². The number of hydrogen-bond acceptors (Lipinski definition) is 5. The summed E-state index contributed by atoms with van der Waals surface area (Å²) in [4.78, 5) is 22.1. The van der Waals surface area contributed by atoms with Gasteiger partial charge in [-0.25, -0.2) is 23.8 Å². The number of rotatable bonds is 6. The van der Waals surface area contributed by atoms with Crippen molar-refractivity contribution in [1.82, 2.24) is 19.7 Å². The molecule has 1 fully saturated rings. The van der Waals surface area contributed by atoms with Crippen molar-refractivity contribution in [3.05, 3.63) is 65.3 Å². The first-order chi connectivity index (χ1) is 14.4. The quantitative estimate of drug-likeness (QED) is 0.582. The number of aromatic nitrogens is 4. The summed E-state index contributed by atoms with van der Waals surface area (Å²) in [5.41, 5.74) is 1.94. The molecule has 3 atom stereocenters. The Morgan fingerprint density at radius 3 is 2.77 bits per heavy atom. The summed E-state index contributed by atoms with van der Waals surface area (Å²) in [6, 6.07) is 8.33. The molecule has 30 heavy (non-hydrogen) atoms. The molecule has 1 aromatic carbocycles. The normalized spacial score (nSPS) is 18.3. The van der Waals surface area contributed by atoms with Crippen LogP contribution in [0.25, 0.3) is 5.69 Å². The lowest BCUT2D eigenvalue weighted by molar-refractivity contribution is 0.174. The molecule has 0 saturated carbocycles. The zero-order valence-electron chi connectivity index (χ0n) is 16.6. The molecular formula is C21H21ClFN5O2. The molecule has 1 aliphatic heterocycles. The summed E-state index contributed by atoms with van der Waals surface area (Å²) >= 11 is 5.94. The van der Waals surface area contributed by atoms with Gasteiger partial charge in [0.1, 0.15) is 30.5 Å². The lowest BCUT2D eigenvalue weighted by Gasteiger charge is -2.21. The number of alkyl halides is 1. The number of benzene rings is 1. The van der Waals surface area contributed by atoms with Crippen molar-refractivity contribution < 1.29 is 13.9 Å². The van der Waals surface area contributed by atoms with Gasteiger partial charge in [0.2, 0.25) is 0 Å². The van der Waals surface area contributed by atoms with E-state index in [2.05, 4.69) is 22.0 Å². The fourth-order valence-electron chi connectivity index (χ4n) is 3.38. The van der Waals surface area contributed by atoms with Gasteiger partial charge in [-0.15, -0.1) is 0 Å². The van der Waals surface area contributed by atoms with Gasteiger partial charge in [0.15, 0.2) is 0 Å².